The van der Waals surface area contributed by atoms with Gasteiger partial charge in [0.05, 0.1) is 29.1 Å². The summed E-state index contributed by atoms with van der Waals surface area (Å²) in [5.41, 5.74) is 1.38. The molecule has 1 aliphatic rings. The number of carboxylic acids is 1. The molecule has 2 aromatic rings. The van der Waals surface area contributed by atoms with E-state index < -0.39 is 16.0 Å². The number of carbonyl (C=O) groups excluding carboxylic acids is 1. The molecule has 0 amide bonds. The predicted octanol–water partition coefficient (Wildman–Crippen LogP) is 0.540. The van der Waals surface area contributed by atoms with Gasteiger partial charge in [-0.05, 0) is 31.0 Å². The van der Waals surface area contributed by atoms with Gasteiger partial charge in [-0.15, -0.1) is 0 Å². The molecule has 0 atom stereocenters. The standard InChI is InChI=1S/C18H25N3O5S/c1-2-3-8-21-16-5-4-14(27(24,25)20-9-11-26-12-10-20)13-15(16)19-17(21)6-7-18(22)23/h4-5,13H,2-3,6-12H2,1H3,(H,22,23)/p-1. The number of aromatic nitrogens is 2. The van der Waals surface area contributed by atoms with Crippen LogP contribution in [-0.4, -0.2) is 54.5 Å². The molecule has 9 heteroatoms. The third-order valence-electron chi connectivity index (χ3n) is 4.69. The predicted molar refractivity (Wildman–Crippen MR) is 97.5 cm³/mol. The first-order valence-corrected chi connectivity index (χ1v) is 10.6. The van der Waals surface area contributed by atoms with Gasteiger partial charge in [-0.1, -0.05) is 13.3 Å². The number of nitrogens with zero attached hydrogens (tertiary/aromatic N) is 3. The first-order chi connectivity index (χ1) is 12.9. The van der Waals surface area contributed by atoms with Gasteiger partial charge in [0, 0.05) is 32.0 Å². The molecule has 0 saturated carbocycles. The second kappa shape index (κ2) is 8.37. The number of hydrogen-bond donors (Lipinski definition) is 0. The molecule has 0 aliphatic carbocycles. The number of hydrogen-bond acceptors (Lipinski definition) is 6. The number of benzene rings is 1. The van der Waals surface area contributed by atoms with Crippen molar-refractivity contribution in [1.29, 1.82) is 0 Å². The monoisotopic (exact) mass is 394 g/mol. The van der Waals surface area contributed by atoms with Crippen LogP contribution >= 0.6 is 0 Å². The SMILES string of the molecule is CCCCn1c(CCC(=O)[O-])nc2cc(S(=O)(=O)N3CCOCC3)ccc21. The largest absolute Gasteiger partial charge is 0.550 e. The van der Waals surface area contributed by atoms with Crippen LogP contribution in [0.5, 0.6) is 0 Å². The zero-order chi connectivity index (χ0) is 19.4. The van der Waals surface area contributed by atoms with Crippen LogP contribution in [0.4, 0.5) is 0 Å². The van der Waals surface area contributed by atoms with Gasteiger partial charge in [0.1, 0.15) is 5.82 Å². The molecule has 1 fully saturated rings. The molecule has 1 saturated heterocycles. The van der Waals surface area contributed by atoms with Crippen LogP contribution in [0.2, 0.25) is 0 Å². The van der Waals surface area contributed by atoms with Crippen molar-refractivity contribution in [2.24, 2.45) is 0 Å². The lowest BCUT2D eigenvalue weighted by molar-refractivity contribution is -0.305. The minimum atomic E-state index is -3.60. The van der Waals surface area contributed by atoms with Crippen molar-refractivity contribution in [3.8, 4) is 0 Å². The van der Waals surface area contributed by atoms with Crippen molar-refractivity contribution in [3.63, 3.8) is 0 Å². The summed E-state index contributed by atoms with van der Waals surface area (Å²) in [7, 11) is -3.60. The molecule has 1 aromatic carbocycles. The van der Waals surface area contributed by atoms with Crippen LogP contribution < -0.4 is 5.11 Å². The molecule has 0 spiro atoms. The highest BCUT2D eigenvalue weighted by atomic mass is 32.2. The lowest BCUT2D eigenvalue weighted by Crippen LogP contribution is -2.40. The zero-order valence-corrected chi connectivity index (χ0v) is 16.2. The molecular formula is C18H24N3O5S-. The number of ether oxygens (including phenoxy) is 1. The Morgan fingerprint density at radius 3 is 2.70 bits per heavy atom. The summed E-state index contributed by atoms with van der Waals surface area (Å²) in [6.45, 7) is 4.24. The summed E-state index contributed by atoms with van der Waals surface area (Å²) >= 11 is 0. The van der Waals surface area contributed by atoms with E-state index >= 15 is 0 Å². The Hall–Kier alpha value is -1.97. The van der Waals surface area contributed by atoms with Gasteiger partial charge >= 0.3 is 0 Å². The van der Waals surface area contributed by atoms with Gasteiger partial charge in [0.15, 0.2) is 0 Å². The highest BCUT2D eigenvalue weighted by molar-refractivity contribution is 7.89. The number of aliphatic carboxylic acids is 1. The quantitative estimate of drug-likeness (QED) is 0.647. The van der Waals surface area contributed by atoms with Crippen LogP contribution in [0.3, 0.4) is 0 Å². The molecule has 0 bridgehead atoms. The molecule has 0 unspecified atom stereocenters. The van der Waals surface area contributed by atoms with E-state index in [0.29, 0.717) is 44.2 Å². The zero-order valence-electron chi connectivity index (χ0n) is 15.4. The number of morpholine rings is 1. The Labute approximate surface area is 158 Å². The lowest BCUT2D eigenvalue weighted by atomic mass is 10.2. The van der Waals surface area contributed by atoms with Crippen molar-refractivity contribution >= 4 is 27.0 Å². The molecule has 1 aromatic heterocycles. The highest BCUT2D eigenvalue weighted by Crippen LogP contribution is 2.24. The molecule has 8 nitrogen and oxygen atoms in total. The fraction of sp³-hybridized carbons (Fsp3) is 0.556. The van der Waals surface area contributed by atoms with E-state index in [4.69, 9.17) is 4.74 Å². The smallest absolute Gasteiger partial charge is 0.243 e. The molecule has 148 valence electrons. The van der Waals surface area contributed by atoms with Crippen molar-refractivity contribution in [1.82, 2.24) is 13.9 Å². The molecule has 2 heterocycles. The third kappa shape index (κ3) is 4.31. The summed E-state index contributed by atoms with van der Waals surface area (Å²) < 4.78 is 34.3. The van der Waals surface area contributed by atoms with E-state index in [2.05, 4.69) is 11.9 Å². The van der Waals surface area contributed by atoms with Gasteiger partial charge in [0.2, 0.25) is 10.0 Å². The number of imidazole rings is 1. The molecule has 3 rings (SSSR count). The summed E-state index contributed by atoms with van der Waals surface area (Å²) in [5, 5.41) is 10.8. The molecule has 27 heavy (non-hydrogen) atoms. The van der Waals surface area contributed by atoms with E-state index in [-0.39, 0.29) is 17.7 Å². The number of carboxylic acid groups (broad SMARTS) is 1. The number of sulfonamides is 1. The van der Waals surface area contributed by atoms with E-state index in [1.807, 2.05) is 4.57 Å². The average Bonchev–Trinajstić information content (AvgIpc) is 3.02. The second-order valence-electron chi connectivity index (χ2n) is 6.57. The minimum Gasteiger partial charge on any atom is -0.550 e. The van der Waals surface area contributed by atoms with Gasteiger partial charge in [-0.3, -0.25) is 0 Å². The van der Waals surface area contributed by atoms with Crippen LogP contribution in [0, 0.1) is 0 Å². The Morgan fingerprint density at radius 2 is 2.04 bits per heavy atom. The molecule has 0 N–H and O–H groups in total. The van der Waals surface area contributed by atoms with Crippen LogP contribution in [0.15, 0.2) is 23.1 Å². The summed E-state index contributed by atoms with van der Waals surface area (Å²) in [6, 6.07) is 4.93. The van der Waals surface area contributed by atoms with E-state index in [0.717, 1.165) is 18.4 Å². The van der Waals surface area contributed by atoms with E-state index in [1.54, 1.807) is 18.2 Å². The van der Waals surface area contributed by atoms with Crippen LogP contribution in [0.1, 0.15) is 32.0 Å². The summed E-state index contributed by atoms with van der Waals surface area (Å²) in [5.74, 6) is -0.483. The number of rotatable bonds is 8. The number of aryl methyl sites for hydroxylation is 2. The molecule has 1 aliphatic heterocycles. The molecule has 0 radical (unpaired) electrons. The van der Waals surface area contributed by atoms with Gasteiger partial charge in [0.25, 0.3) is 0 Å². The topological polar surface area (TPSA) is 105 Å². The molecular weight excluding hydrogens is 370 g/mol. The van der Waals surface area contributed by atoms with Crippen molar-refractivity contribution < 1.29 is 23.1 Å². The number of unbranched alkanes of at least 4 members (excludes halogenated alkanes) is 1. The maximum Gasteiger partial charge on any atom is 0.243 e. The van der Waals surface area contributed by atoms with Crippen molar-refractivity contribution in [2.75, 3.05) is 26.3 Å². The van der Waals surface area contributed by atoms with Gasteiger partial charge < -0.3 is 19.2 Å². The highest BCUT2D eigenvalue weighted by Gasteiger charge is 2.27. The van der Waals surface area contributed by atoms with Crippen molar-refractivity contribution in [3.05, 3.63) is 24.0 Å². The average molecular weight is 394 g/mol. The van der Waals surface area contributed by atoms with E-state index in [9.17, 15) is 18.3 Å². The first kappa shape index (κ1) is 19.8. The fourth-order valence-electron chi connectivity index (χ4n) is 3.23. The van der Waals surface area contributed by atoms with Crippen LogP contribution in [-0.2, 0) is 32.5 Å². The fourth-order valence-corrected chi connectivity index (χ4v) is 4.65. The lowest BCUT2D eigenvalue weighted by Gasteiger charge is -2.26. The Kier molecular flexibility index (Phi) is 6.13. The summed E-state index contributed by atoms with van der Waals surface area (Å²) in [4.78, 5) is 15.5. The number of fused-ring (bicyclic) bond motifs is 1. The second-order valence-corrected chi connectivity index (χ2v) is 8.51. The van der Waals surface area contributed by atoms with Crippen LogP contribution in [0.25, 0.3) is 11.0 Å². The first-order valence-electron chi connectivity index (χ1n) is 9.20. The van der Waals surface area contributed by atoms with Crippen molar-refractivity contribution in [2.45, 2.75) is 44.0 Å². The minimum absolute atomic E-state index is 0.117. The van der Waals surface area contributed by atoms with Gasteiger partial charge in [-0.25, -0.2) is 13.4 Å². The maximum atomic E-state index is 12.9. The normalized spacial score (nSPS) is 16.0. The third-order valence-corrected chi connectivity index (χ3v) is 6.59. The van der Waals surface area contributed by atoms with E-state index in [1.165, 1.54) is 4.31 Å². The number of carbonyl (C=O) groups is 1. The van der Waals surface area contributed by atoms with Gasteiger partial charge in [-0.2, -0.15) is 4.31 Å². The Bertz CT molecular complexity index is 916. The maximum absolute atomic E-state index is 12.9. The Balaban J connectivity index is 1.97. The summed E-state index contributed by atoms with van der Waals surface area (Å²) in [6.07, 6.45) is 2.06. The Morgan fingerprint density at radius 1 is 1.30 bits per heavy atom.